The summed E-state index contributed by atoms with van der Waals surface area (Å²) >= 11 is 0. The van der Waals surface area contributed by atoms with Crippen LogP contribution in [0.5, 0.6) is 0 Å². The predicted octanol–water partition coefficient (Wildman–Crippen LogP) is 1.78. The molecule has 5 heteroatoms. The van der Waals surface area contributed by atoms with Gasteiger partial charge in [-0.15, -0.1) is 0 Å². The number of aromatic nitrogens is 2. The van der Waals surface area contributed by atoms with E-state index in [-0.39, 0.29) is 6.10 Å². The van der Waals surface area contributed by atoms with Gasteiger partial charge in [-0.1, -0.05) is 0 Å². The lowest BCUT2D eigenvalue weighted by Crippen LogP contribution is -2.22. The summed E-state index contributed by atoms with van der Waals surface area (Å²) in [4.78, 5) is 8.98. The van der Waals surface area contributed by atoms with Gasteiger partial charge in [0, 0.05) is 33.3 Å². The van der Waals surface area contributed by atoms with Crippen molar-refractivity contribution in [3.63, 3.8) is 0 Å². The van der Waals surface area contributed by atoms with Crippen molar-refractivity contribution in [2.24, 2.45) is 0 Å². The van der Waals surface area contributed by atoms with E-state index in [0.717, 1.165) is 36.8 Å². The first kappa shape index (κ1) is 13.2. The average molecular weight is 251 g/mol. The van der Waals surface area contributed by atoms with Crippen LogP contribution in [-0.2, 0) is 22.5 Å². The van der Waals surface area contributed by atoms with Crippen LogP contribution in [0.2, 0.25) is 0 Å². The minimum atomic E-state index is 0.265. The van der Waals surface area contributed by atoms with E-state index in [1.54, 1.807) is 7.11 Å². The van der Waals surface area contributed by atoms with Crippen LogP contribution < -0.4 is 5.32 Å². The highest BCUT2D eigenvalue weighted by atomic mass is 16.5. The maximum absolute atomic E-state index is 5.72. The Balaban J connectivity index is 2.07. The Morgan fingerprint density at radius 2 is 2.33 bits per heavy atom. The first-order chi connectivity index (χ1) is 8.81. The van der Waals surface area contributed by atoms with Crippen LogP contribution in [0.3, 0.4) is 0 Å². The zero-order valence-corrected chi connectivity index (χ0v) is 11.1. The zero-order valence-electron chi connectivity index (χ0n) is 11.1. The molecule has 1 saturated heterocycles. The van der Waals surface area contributed by atoms with Crippen molar-refractivity contribution >= 4 is 5.82 Å². The lowest BCUT2D eigenvalue weighted by Gasteiger charge is -2.22. The standard InChI is InChI=1S/C13H21N3O2/c1-14-12-7-10(9-17-2)15-13(16-12)8-11-5-3-4-6-18-11/h7,11H,3-6,8-9H2,1-2H3,(H,14,15,16). The van der Waals surface area contributed by atoms with Gasteiger partial charge in [0.1, 0.15) is 11.6 Å². The van der Waals surface area contributed by atoms with Gasteiger partial charge >= 0.3 is 0 Å². The summed E-state index contributed by atoms with van der Waals surface area (Å²) in [5.41, 5.74) is 0.905. The summed E-state index contributed by atoms with van der Waals surface area (Å²) in [5.74, 6) is 1.67. The van der Waals surface area contributed by atoms with Crippen molar-refractivity contribution in [1.82, 2.24) is 9.97 Å². The van der Waals surface area contributed by atoms with Crippen molar-refractivity contribution < 1.29 is 9.47 Å². The number of nitrogens with one attached hydrogen (secondary N) is 1. The van der Waals surface area contributed by atoms with Gasteiger partial charge in [0.05, 0.1) is 18.4 Å². The second-order valence-electron chi connectivity index (χ2n) is 4.54. The predicted molar refractivity (Wildman–Crippen MR) is 69.6 cm³/mol. The molecule has 1 atom stereocenters. The maximum Gasteiger partial charge on any atom is 0.133 e. The third kappa shape index (κ3) is 3.65. The van der Waals surface area contributed by atoms with Crippen LogP contribution in [0.4, 0.5) is 5.82 Å². The van der Waals surface area contributed by atoms with Gasteiger partial charge in [0.15, 0.2) is 0 Å². The summed E-state index contributed by atoms with van der Waals surface area (Å²) in [5, 5.41) is 3.06. The fourth-order valence-corrected chi connectivity index (χ4v) is 2.17. The molecule has 0 amide bonds. The van der Waals surface area contributed by atoms with Gasteiger partial charge in [-0.2, -0.15) is 0 Å². The molecule has 0 bridgehead atoms. The molecule has 2 heterocycles. The molecule has 1 aliphatic rings. The third-order valence-electron chi connectivity index (χ3n) is 3.06. The minimum Gasteiger partial charge on any atom is -0.378 e. The summed E-state index contributed by atoms with van der Waals surface area (Å²) in [6.45, 7) is 1.37. The smallest absolute Gasteiger partial charge is 0.133 e. The number of anilines is 1. The Morgan fingerprint density at radius 3 is 3.00 bits per heavy atom. The van der Waals surface area contributed by atoms with E-state index >= 15 is 0 Å². The number of hydrogen-bond acceptors (Lipinski definition) is 5. The highest BCUT2D eigenvalue weighted by Crippen LogP contribution is 2.17. The molecular weight excluding hydrogens is 230 g/mol. The molecule has 1 aromatic heterocycles. The molecule has 1 unspecified atom stereocenters. The number of nitrogens with zero attached hydrogens (tertiary/aromatic N) is 2. The van der Waals surface area contributed by atoms with Crippen molar-refractivity contribution in [3.05, 3.63) is 17.6 Å². The Bertz CT molecular complexity index is 378. The molecule has 18 heavy (non-hydrogen) atoms. The molecule has 2 rings (SSSR count). The maximum atomic E-state index is 5.72. The molecule has 1 aromatic rings. The van der Waals surface area contributed by atoms with E-state index in [4.69, 9.17) is 9.47 Å². The average Bonchev–Trinajstić information content (AvgIpc) is 2.40. The Morgan fingerprint density at radius 1 is 1.44 bits per heavy atom. The lowest BCUT2D eigenvalue weighted by molar-refractivity contribution is 0.0156. The molecule has 1 aliphatic heterocycles. The Labute approximate surface area is 108 Å². The SMILES string of the molecule is CNc1cc(COC)nc(CC2CCCCO2)n1. The van der Waals surface area contributed by atoms with E-state index in [2.05, 4.69) is 15.3 Å². The highest BCUT2D eigenvalue weighted by Gasteiger charge is 2.16. The largest absolute Gasteiger partial charge is 0.378 e. The van der Waals surface area contributed by atoms with E-state index < -0.39 is 0 Å². The molecule has 0 aliphatic carbocycles. The highest BCUT2D eigenvalue weighted by molar-refractivity contribution is 5.35. The van der Waals surface area contributed by atoms with E-state index in [1.807, 2.05) is 13.1 Å². The molecular formula is C13H21N3O2. The summed E-state index contributed by atoms with van der Waals surface area (Å²) in [6, 6.07) is 1.91. The van der Waals surface area contributed by atoms with Gasteiger partial charge in [-0.3, -0.25) is 0 Å². The van der Waals surface area contributed by atoms with Crippen LogP contribution in [0.15, 0.2) is 6.07 Å². The fourth-order valence-electron chi connectivity index (χ4n) is 2.17. The van der Waals surface area contributed by atoms with Gasteiger partial charge in [-0.05, 0) is 19.3 Å². The summed E-state index contributed by atoms with van der Waals surface area (Å²) < 4.78 is 10.8. The van der Waals surface area contributed by atoms with Crippen molar-refractivity contribution in [2.45, 2.75) is 38.4 Å². The van der Waals surface area contributed by atoms with Crippen molar-refractivity contribution in [2.75, 3.05) is 26.1 Å². The molecule has 1 fully saturated rings. The van der Waals surface area contributed by atoms with E-state index in [0.29, 0.717) is 6.61 Å². The van der Waals surface area contributed by atoms with Crippen molar-refractivity contribution in [1.29, 1.82) is 0 Å². The van der Waals surface area contributed by atoms with E-state index in [9.17, 15) is 0 Å². The molecule has 0 radical (unpaired) electrons. The summed E-state index contributed by atoms with van der Waals surface area (Å²) in [7, 11) is 3.53. The molecule has 0 spiro atoms. The van der Waals surface area contributed by atoms with Gasteiger partial charge in [0.25, 0.3) is 0 Å². The van der Waals surface area contributed by atoms with Crippen LogP contribution in [-0.4, -0.2) is 36.8 Å². The normalized spacial score (nSPS) is 19.8. The second-order valence-corrected chi connectivity index (χ2v) is 4.54. The van der Waals surface area contributed by atoms with Crippen LogP contribution in [0.1, 0.15) is 30.8 Å². The first-order valence-corrected chi connectivity index (χ1v) is 6.47. The number of rotatable bonds is 5. The van der Waals surface area contributed by atoms with Gasteiger partial charge < -0.3 is 14.8 Å². The lowest BCUT2D eigenvalue weighted by atomic mass is 10.1. The van der Waals surface area contributed by atoms with Crippen LogP contribution in [0, 0.1) is 0 Å². The Hall–Kier alpha value is -1.20. The van der Waals surface area contributed by atoms with Crippen LogP contribution in [0.25, 0.3) is 0 Å². The quantitative estimate of drug-likeness (QED) is 0.864. The van der Waals surface area contributed by atoms with Gasteiger partial charge in [0.2, 0.25) is 0 Å². The fraction of sp³-hybridized carbons (Fsp3) is 0.692. The van der Waals surface area contributed by atoms with E-state index in [1.165, 1.54) is 12.8 Å². The summed E-state index contributed by atoms with van der Waals surface area (Å²) in [6.07, 6.45) is 4.56. The molecule has 0 saturated carbocycles. The van der Waals surface area contributed by atoms with Crippen LogP contribution >= 0.6 is 0 Å². The zero-order chi connectivity index (χ0) is 12.8. The van der Waals surface area contributed by atoms with Gasteiger partial charge in [-0.25, -0.2) is 9.97 Å². The molecule has 0 aromatic carbocycles. The topological polar surface area (TPSA) is 56.3 Å². The molecule has 5 nitrogen and oxygen atoms in total. The number of methoxy groups -OCH3 is 1. The van der Waals surface area contributed by atoms with Crippen molar-refractivity contribution in [3.8, 4) is 0 Å². The first-order valence-electron chi connectivity index (χ1n) is 6.47. The third-order valence-corrected chi connectivity index (χ3v) is 3.06. The molecule has 1 N–H and O–H groups in total. The Kier molecular flexibility index (Phi) is 4.90. The number of hydrogen-bond donors (Lipinski definition) is 1. The monoisotopic (exact) mass is 251 g/mol. The second kappa shape index (κ2) is 6.66. The number of ether oxygens (including phenoxy) is 2. The minimum absolute atomic E-state index is 0.265. The molecule has 100 valence electrons.